The van der Waals surface area contributed by atoms with E-state index in [1.807, 2.05) is 6.07 Å². The summed E-state index contributed by atoms with van der Waals surface area (Å²) in [5.41, 5.74) is 5.43. The molecule has 134 valence electrons. The predicted octanol–water partition coefficient (Wildman–Crippen LogP) is 1.99. The van der Waals surface area contributed by atoms with E-state index in [9.17, 15) is 9.59 Å². The number of methoxy groups -OCH3 is 1. The van der Waals surface area contributed by atoms with E-state index >= 15 is 0 Å². The first-order valence-corrected chi connectivity index (χ1v) is 7.93. The lowest BCUT2D eigenvalue weighted by atomic mass is 10.1. The quantitative estimate of drug-likeness (QED) is 0.754. The van der Waals surface area contributed by atoms with Gasteiger partial charge in [0.15, 0.2) is 6.61 Å². The summed E-state index contributed by atoms with van der Waals surface area (Å²) in [6.45, 7) is -0.348. The molecule has 0 saturated heterocycles. The minimum absolute atomic E-state index is 0.0257. The van der Waals surface area contributed by atoms with Crippen LogP contribution in [-0.2, 0) is 16.0 Å². The van der Waals surface area contributed by atoms with Gasteiger partial charge < -0.3 is 9.47 Å². The maximum atomic E-state index is 12.0. The van der Waals surface area contributed by atoms with Crippen LogP contribution in [0.4, 0.5) is 0 Å². The van der Waals surface area contributed by atoms with Gasteiger partial charge in [-0.2, -0.15) is 5.26 Å². The number of hydrogen-bond donors (Lipinski definition) is 2. The molecule has 0 unspecified atom stereocenters. The topological polar surface area (TPSA) is 100 Å². The Morgan fingerprint density at radius 1 is 1.12 bits per heavy atom. The summed E-state index contributed by atoms with van der Waals surface area (Å²) in [6, 6.07) is 13.4. The van der Waals surface area contributed by atoms with Crippen molar-refractivity contribution in [2.24, 2.45) is 0 Å². The molecule has 8 heteroatoms. The number of carbonyl (C=O) groups excluding carboxylic acids is 2. The first-order chi connectivity index (χ1) is 12.5. The molecule has 0 atom stereocenters. The molecule has 0 saturated carbocycles. The Bertz CT molecular complexity index is 849. The van der Waals surface area contributed by atoms with E-state index in [1.54, 1.807) is 42.5 Å². The Labute approximate surface area is 155 Å². The zero-order chi connectivity index (χ0) is 18.9. The number of nitrogens with one attached hydrogen (secondary N) is 2. The van der Waals surface area contributed by atoms with Crippen molar-refractivity contribution in [3.05, 3.63) is 58.6 Å². The summed E-state index contributed by atoms with van der Waals surface area (Å²) in [5, 5.41) is 9.43. The fourth-order valence-electron chi connectivity index (χ4n) is 2.11. The van der Waals surface area contributed by atoms with Gasteiger partial charge in [-0.3, -0.25) is 20.4 Å². The van der Waals surface area contributed by atoms with Crippen molar-refractivity contribution in [3.63, 3.8) is 0 Å². The average Bonchev–Trinajstić information content (AvgIpc) is 2.65. The maximum Gasteiger partial charge on any atom is 0.276 e. The number of hydrazine groups is 1. The van der Waals surface area contributed by atoms with Crippen LogP contribution >= 0.6 is 11.6 Å². The van der Waals surface area contributed by atoms with Gasteiger partial charge in [-0.1, -0.05) is 23.7 Å². The van der Waals surface area contributed by atoms with Crippen LogP contribution < -0.4 is 20.3 Å². The Hall–Kier alpha value is -3.24. The van der Waals surface area contributed by atoms with Crippen LogP contribution in [0.1, 0.15) is 11.1 Å². The Balaban J connectivity index is 1.83. The molecule has 0 radical (unpaired) electrons. The molecule has 26 heavy (non-hydrogen) atoms. The number of amides is 2. The first-order valence-electron chi connectivity index (χ1n) is 7.55. The van der Waals surface area contributed by atoms with Gasteiger partial charge >= 0.3 is 0 Å². The molecule has 2 amide bonds. The third kappa shape index (κ3) is 5.40. The minimum Gasteiger partial charge on any atom is -0.496 e. The normalized spacial score (nSPS) is 9.73. The molecule has 0 heterocycles. The van der Waals surface area contributed by atoms with Crippen LogP contribution in [0.25, 0.3) is 0 Å². The highest BCUT2D eigenvalue weighted by atomic mass is 35.5. The number of ether oxygens (including phenoxy) is 2. The molecular weight excluding hydrogens is 358 g/mol. The van der Waals surface area contributed by atoms with Gasteiger partial charge in [-0.25, -0.2) is 0 Å². The van der Waals surface area contributed by atoms with E-state index < -0.39 is 11.8 Å². The van der Waals surface area contributed by atoms with Crippen molar-refractivity contribution in [1.82, 2.24) is 10.9 Å². The second-order valence-corrected chi connectivity index (χ2v) is 5.56. The second-order valence-electron chi connectivity index (χ2n) is 5.13. The van der Waals surface area contributed by atoms with Crippen molar-refractivity contribution >= 4 is 23.4 Å². The summed E-state index contributed by atoms with van der Waals surface area (Å²) in [7, 11) is 1.49. The standard InChI is InChI=1S/C18H16ClN3O4/c1-25-15-7-6-14(19)8-13(15)9-17(23)21-22-18(24)11-26-16-5-3-2-4-12(16)10-20/h2-8H,9,11H2,1H3,(H,21,23)(H,22,24). The van der Waals surface area contributed by atoms with E-state index in [2.05, 4.69) is 10.9 Å². The van der Waals surface area contributed by atoms with E-state index in [-0.39, 0.29) is 13.0 Å². The summed E-state index contributed by atoms with van der Waals surface area (Å²) in [6.07, 6.45) is -0.0257. The average molecular weight is 374 g/mol. The molecule has 0 spiro atoms. The van der Waals surface area contributed by atoms with E-state index in [1.165, 1.54) is 7.11 Å². The minimum atomic E-state index is -0.566. The molecule has 0 aliphatic carbocycles. The zero-order valence-electron chi connectivity index (χ0n) is 13.9. The van der Waals surface area contributed by atoms with Gasteiger partial charge in [0.25, 0.3) is 5.91 Å². The van der Waals surface area contributed by atoms with Crippen molar-refractivity contribution in [2.75, 3.05) is 13.7 Å². The number of rotatable bonds is 6. The first kappa shape index (κ1) is 19.1. The fraction of sp³-hybridized carbons (Fsp3) is 0.167. The summed E-state index contributed by atoms with van der Waals surface area (Å²) in [4.78, 5) is 23.7. The third-order valence-electron chi connectivity index (χ3n) is 3.30. The highest BCUT2D eigenvalue weighted by Gasteiger charge is 2.11. The maximum absolute atomic E-state index is 12.0. The summed E-state index contributed by atoms with van der Waals surface area (Å²) < 4.78 is 10.4. The van der Waals surface area contributed by atoms with E-state index in [0.717, 1.165) is 0 Å². The molecule has 2 aromatic rings. The number of halogens is 1. The van der Waals surface area contributed by atoms with Gasteiger partial charge in [0.2, 0.25) is 5.91 Å². The molecule has 0 fully saturated rings. The predicted molar refractivity (Wildman–Crippen MR) is 94.6 cm³/mol. The Morgan fingerprint density at radius 2 is 1.85 bits per heavy atom. The molecular formula is C18H16ClN3O4. The van der Waals surface area contributed by atoms with Gasteiger partial charge in [0.1, 0.15) is 17.6 Å². The summed E-state index contributed by atoms with van der Waals surface area (Å²) >= 11 is 5.91. The van der Waals surface area contributed by atoms with Crippen LogP contribution in [0.5, 0.6) is 11.5 Å². The third-order valence-corrected chi connectivity index (χ3v) is 3.54. The number of nitrogens with zero attached hydrogens (tertiary/aromatic N) is 1. The van der Waals surface area contributed by atoms with Gasteiger partial charge in [-0.15, -0.1) is 0 Å². The number of hydrogen-bond acceptors (Lipinski definition) is 5. The molecule has 0 aliphatic rings. The Kier molecular flexibility index (Phi) is 6.83. The SMILES string of the molecule is COc1ccc(Cl)cc1CC(=O)NNC(=O)COc1ccccc1C#N. The highest BCUT2D eigenvalue weighted by Crippen LogP contribution is 2.22. The second kappa shape index (κ2) is 9.30. The van der Waals surface area contributed by atoms with Crippen molar-refractivity contribution in [3.8, 4) is 17.6 Å². The van der Waals surface area contributed by atoms with Crippen LogP contribution in [0.15, 0.2) is 42.5 Å². The van der Waals surface area contributed by atoms with Crippen LogP contribution in [0, 0.1) is 11.3 Å². The van der Waals surface area contributed by atoms with Gasteiger partial charge in [-0.05, 0) is 30.3 Å². The van der Waals surface area contributed by atoms with Crippen LogP contribution in [0.2, 0.25) is 5.02 Å². The molecule has 2 aromatic carbocycles. The summed E-state index contributed by atoms with van der Waals surface area (Å²) in [5.74, 6) is -0.201. The zero-order valence-corrected chi connectivity index (χ0v) is 14.7. The van der Waals surface area contributed by atoms with Gasteiger partial charge in [0.05, 0.1) is 19.1 Å². The number of carbonyl (C=O) groups is 2. The van der Waals surface area contributed by atoms with E-state index in [0.29, 0.717) is 27.6 Å². The van der Waals surface area contributed by atoms with Crippen LogP contribution in [-0.4, -0.2) is 25.5 Å². The van der Waals surface area contributed by atoms with Crippen LogP contribution in [0.3, 0.4) is 0 Å². The lowest BCUT2D eigenvalue weighted by Gasteiger charge is -2.11. The lowest BCUT2D eigenvalue weighted by Crippen LogP contribution is -2.44. The number of para-hydroxylation sites is 1. The fourth-order valence-corrected chi connectivity index (χ4v) is 2.30. The smallest absolute Gasteiger partial charge is 0.276 e. The number of nitriles is 1. The van der Waals surface area contributed by atoms with Crippen molar-refractivity contribution < 1.29 is 19.1 Å². The molecule has 0 aromatic heterocycles. The highest BCUT2D eigenvalue weighted by molar-refractivity contribution is 6.30. The monoisotopic (exact) mass is 373 g/mol. The lowest BCUT2D eigenvalue weighted by molar-refractivity contribution is -0.129. The Morgan fingerprint density at radius 3 is 2.58 bits per heavy atom. The molecule has 2 rings (SSSR count). The molecule has 0 aliphatic heterocycles. The largest absolute Gasteiger partial charge is 0.496 e. The molecule has 0 bridgehead atoms. The van der Waals surface area contributed by atoms with Crippen molar-refractivity contribution in [2.45, 2.75) is 6.42 Å². The van der Waals surface area contributed by atoms with E-state index in [4.69, 9.17) is 26.3 Å². The van der Waals surface area contributed by atoms with Crippen molar-refractivity contribution in [1.29, 1.82) is 5.26 Å². The van der Waals surface area contributed by atoms with Gasteiger partial charge in [0, 0.05) is 10.6 Å². The molecule has 2 N–H and O–H groups in total. The number of benzene rings is 2. The molecule has 7 nitrogen and oxygen atoms in total.